The normalized spacial score (nSPS) is 34.7. The maximum atomic E-state index is 7.03. The summed E-state index contributed by atoms with van der Waals surface area (Å²) in [6.45, 7) is 26.5. The van der Waals surface area contributed by atoms with E-state index in [1.807, 2.05) is 0 Å². The number of hydrogen-bond donors (Lipinski definition) is 0. The highest BCUT2D eigenvalue weighted by Gasteiger charge is 2.57. The van der Waals surface area contributed by atoms with Crippen molar-refractivity contribution in [3.63, 3.8) is 0 Å². The van der Waals surface area contributed by atoms with E-state index < -0.39 is 16.6 Å². The third-order valence-electron chi connectivity index (χ3n) is 8.82. The predicted molar refractivity (Wildman–Crippen MR) is 132 cm³/mol. The average molecular weight is 451 g/mol. The van der Waals surface area contributed by atoms with Gasteiger partial charge < -0.3 is 13.6 Å². The molecule has 0 amide bonds. The molecule has 5 heteroatoms. The standard InChI is InChI=1S/C25H46O3Si2/c1-17-13-12-14-18-22-19(16-26-29(8,9)24(2,3)4)20(15-21(22)27-23(17)18)28-30(10,11)25(5,6)7/h12-14,18-23H,15-16H2,1-11H3/t18?,19-,20+,21-,22+,23?/m0/s1. The van der Waals surface area contributed by atoms with Crippen LogP contribution < -0.4 is 0 Å². The summed E-state index contributed by atoms with van der Waals surface area (Å²) in [7, 11) is -3.67. The minimum absolute atomic E-state index is 0.211. The van der Waals surface area contributed by atoms with E-state index in [4.69, 9.17) is 13.6 Å². The van der Waals surface area contributed by atoms with Crippen LogP contribution in [0.3, 0.4) is 0 Å². The Morgan fingerprint density at radius 2 is 1.60 bits per heavy atom. The summed E-state index contributed by atoms with van der Waals surface area (Å²) in [5.74, 6) is 1.36. The van der Waals surface area contributed by atoms with E-state index in [1.54, 1.807) is 0 Å². The van der Waals surface area contributed by atoms with Crippen LogP contribution in [-0.4, -0.2) is 41.6 Å². The van der Waals surface area contributed by atoms with Crippen LogP contribution in [0.4, 0.5) is 0 Å². The van der Waals surface area contributed by atoms with E-state index in [1.165, 1.54) is 5.57 Å². The Morgan fingerprint density at radius 3 is 2.17 bits per heavy atom. The number of allylic oxidation sites excluding steroid dienone is 2. The first-order valence-electron chi connectivity index (χ1n) is 11.9. The number of ether oxygens (including phenoxy) is 1. The van der Waals surface area contributed by atoms with Crippen molar-refractivity contribution in [1.29, 1.82) is 0 Å². The summed E-state index contributed by atoms with van der Waals surface area (Å²) in [4.78, 5) is 0. The summed E-state index contributed by atoms with van der Waals surface area (Å²) in [5.41, 5.74) is 1.36. The molecule has 3 rings (SSSR count). The largest absolute Gasteiger partial charge is 0.416 e. The zero-order chi connectivity index (χ0) is 22.7. The molecule has 0 aromatic rings. The van der Waals surface area contributed by atoms with Gasteiger partial charge in [-0.1, -0.05) is 59.8 Å². The van der Waals surface area contributed by atoms with Crippen LogP contribution in [0.5, 0.6) is 0 Å². The third kappa shape index (κ3) is 4.47. The van der Waals surface area contributed by atoms with Gasteiger partial charge in [-0.15, -0.1) is 0 Å². The van der Waals surface area contributed by atoms with Gasteiger partial charge in [0, 0.05) is 24.4 Å². The molecule has 1 aliphatic heterocycles. The molecular weight excluding hydrogens is 404 g/mol. The quantitative estimate of drug-likeness (QED) is 0.425. The molecule has 0 spiro atoms. The van der Waals surface area contributed by atoms with E-state index in [9.17, 15) is 0 Å². The Hall–Kier alpha value is -0.206. The molecule has 1 saturated carbocycles. The average Bonchev–Trinajstić information content (AvgIpc) is 3.07. The minimum Gasteiger partial charge on any atom is -0.416 e. The molecule has 0 bridgehead atoms. The number of hydrogen-bond acceptors (Lipinski definition) is 3. The summed E-state index contributed by atoms with van der Waals surface area (Å²) in [5, 5.41) is 0.433. The second-order valence-corrected chi connectivity index (χ2v) is 22.5. The lowest BCUT2D eigenvalue weighted by Crippen LogP contribution is -2.48. The van der Waals surface area contributed by atoms with Gasteiger partial charge in [0.1, 0.15) is 0 Å². The third-order valence-corrected chi connectivity index (χ3v) is 17.8. The highest BCUT2D eigenvalue weighted by atomic mass is 28.4. The van der Waals surface area contributed by atoms with Crippen LogP contribution in [0.25, 0.3) is 0 Å². The molecule has 2 fully saturated rings. The Labute approximate surface area is 187 Å². The smallest absolute Gasteiger partial charge is 0.192 e. The van der Waals surface area contributed by atoms with Gasteiger partial charge in [-0.25, -0.2) is 0 Å². The SMILES string of the molecule is CC1=CC=CC2C1O[C@H]1C[C@@H](O[Si](C)(C)C(C)(C)C)[C@H](CO[Si](C)(C)C(C)(C)C)[C@@H]21. The maximum absolute atomic E-state index is 7.03. The van der Waals surface area contributed by atoms with Gasteiger partial charge in [0.2, 0.25) is 0 Å². The summed E-state index contributed by atoms with van der Waals surface area (Å²) in [6, 6.07) is 0. The van der Waals surface area contributed by atoms with Gasteiger partial charge in [0.15, 0.2) is 16.6 Å². The second kappa shape index (κ2) is 7.98. The van der Waals surface area contributed by atoms with Gasteiger partial charge in [0.05, 0.1) is 18.3 Å². The topological polar surface area (TPSA) is 27.7 Å². The van der Waals surface area contributed by atoms with Crippen LogP contribution in [0.1, 0.15) is 54.9 Å². The fourth-order valence-corrected chi connectivity index (χ4v) is 7.17. The fourth-order valence-electron chi connectivity index (χ4n) is 4.75. The Bertz CT molecular complexity index is 696. The molecule has 0 aromatic heterocycles. The van der Waals surface area contributed by atoms with Gasteiger partial charge in [-0.05, 0) is 55.2 Å². The molecule has 2 aliphatic carbocycles. The van der Waals surface area contributed by atoms with Gasteiger partial charge >= 0.3 is 0 Å². The van der Waals surface area contributed by atoms with Gasteiger partial charge in [-0.2, -0.15) is 0 Å². The van der Waals surface area contributed by atoms with Crippen molar-refractivity contribution in [2.45, 2.75) is 109 Å². The molecule has 3 nitrogen and oxygen atoms in total. The summed E-state index contributed by atoms with van der Waals surface area (Å²) >= 11 is 0. The highest BCUT2D eigenvalue weighted by molar-refractivity contribution is 6.74. The van der Waals surface area contributed by atoms with E-state index >= 15 is 0 Å². The Kier molecular flexibility index (Phi) is 6.50. The van der Waals surface area contributed by atoms with E-state index in [-0.39, 0.29) is 28.4 Å². The molecule has 2 unspecified atom stereocenters. The molecule has 0 aromatic carbocycles. The van der Waals surface area contributed by atoms with Gasteiger partial charge in [0.25, 0.3) is 0 Å². The van der Waals surface area contributed by atoms with Crippen molar-refractivity contribution >= 4 is 16.6 Å². The zero-order valence-electron chi connectivity index (χ0n) is 21.3. The van der Waals surface area contributed by atoms with E-state index in [2.05, 4.69) is 92.9 Å². The molecule has 0 radical (unpaired) electrons. The van der Waals surface area contributed by atoms with E-state index in [0.29, 0.717) is 17.8 Å². The molecule has 30 heavy (non-hydrogen) atoms. The number of rotatable bonds is 5. The minimum atomic E-state index is -1.86. The molecule has 1 heterocycles. The summed E-state index contributed by atoms with van der Waals surface area (Å²) < 4.78 is 20.5. The van der Waals surface area contributed by atoms with Crippen molar-refractivity contribution in [3.8, 4) is 0 Å². The number of fused-ring (bicyclic) bond motifs is 3. The fraction of sp³-hybridized carbons (Fsp3) is 0.840. The lowest BCUT2D eigenvalue weighted by atomic mass is 9.78. The highest BCUT2D eigenvalue weighted by Crippen LogP contribution is 2.53. The molecule has 0 N–H and O–H groups in total. The van der Waals surface area contributed by atoms with Crippen LogP contribution >= 0.6 is 0 Å². The predicted octanol–water partition coefficient (Wildman–Crippen LogP) is 6.93. The van der Waals surface area contributed by atoms with Crippen molar-refractivity contribution in [1.82, 2.24) is 0 Å². The second-order valence-electron chi connectivity index (χ2n) is 12.9. The van der Waals surface area contributed by atoms with Crippen LogP contribution in [0.2, 0.25) is 36.3 Å². The molecular formula is C25H46O3Si2. The molecule has 172 valence electrons. The lowest BCUT2D eigenvalue weighted by Gasteiger charge is -2.42. The van der Waals surface area contributed by atoms with Crippen molar-refractivity contribution in [2.75, 3.05) is 6.61 Å². The summed E-state index contributed by atoms with van der Waals surface area (Å²) in [6.07, 6.45) is 8.62. The van der Waals surface area contributed by atoms with Crippen molar-refractivity contribution in [2.24, 2.45) is 17.8 Å². The van der Waals surface area contributed by atoms with Crippen LogP contribution in [-0.2, 0) is 13.6 Å². The lowest BCUT2D eigenvalue weighted by molar-refractivity contribution is 0.0377. The molecule has 3 aliphatic rings. The van der Waals surface area contributed by atoms with Crippen LogP contribution in [0, 0.1) is 17.8 Å². The first-order valence-corrected chi connectivity index (χ1v) is 17.7. The Balaban J connectivity index is 1.85. The Morgan fingerprint density at radius 1 is 1.00 bits per heavy atom. The molecule has 6 atom stereocenters. The van der Waals surface area contributed by atoms with Gasteiger partial charge in [-0.3, -0.25) is 0 Å². The first kappa shape index (κ1) is 24.4. The molecule has 1 saturated heterocycles. The van der Waals surface area contributed by atoms with Crippen molar-refractivity contribution in [3.05, 3.63) is 23.8 Å². The maximum Gasteiger partial charge on any atom is 0.192 e. The van der Waals surface area contributed by atoms with Crippen LogP contribution in [0.15, 0.2) is 23.8 Å². The zero-order valence-corrected chi connectivity index (χ0v) is 23.3. The van der Waals surface area contributed by atoms with Crippen molar-refractivity contribution < 1.29 is 13.6 Å². The first-order chi connectivity index (χ1) is 13.6. The monoisotopic (exact) mass is 450 g/mol. The van der Waals surface area contributed by atoms with E-state index in [0.717, 1.165) is 13.0 Å².